The average molecular weight is 281 g/mol. The van der Waals surface area contributed by atoms with E-state index in [1.54, 1.807) is 11.3 Å². The fourth-order valence-corrected chi connectivity index (χ4v) is 2.60. The molecule has 1 aliphatic carbocycles. The van der Waals surface area contributed by atoms with Gasteiger partial charge >= 0.3 is 0 Å². The number of nitrogens with one attached hydrogen (secondary N) is 2. The third kappa shape index (κ3) is 4.51. The Morgan fingerprint density at radius 2 is 2.32 bits per heavy atom. The molecule has 1 heterocycles. The number of aliphatic hydroxyl groups excluding tert-OH is 1. The van der Waals surface area contributed by atoms with Gasteiger partial charge in [0.25, 0.3) is 0 Å². The van der Waals surface area contributed by atoms with Crippen molar-refractivity contribution in [1.82, 2.24) is 10.6 Å². The number of hydrogen-bond acceptors (Lipinski definition) is 3. The second-order valence-electron chi connectivity index (χ2n) is 5.11. The average Bonchev–Trinajstić information content (AvgIpc) is 3.03. The van der Waals surface area contributed by atoms with E-state index in [-0.39, 0.29) is 12.0 Å². The highest BCUT2D eigenvalue weighted by Gasteiger charge is 2.41. The van der Waals surface area contributed by atoms with Crippen LogP contribution in [0.5, 0.6) is 0 Å². The summed E-state index contributed by atoms with van der Waals surface area (Å²) >= 11 is 1.79. The Balaban J connectivity index is 1.76. The lowest BCUT2D eigenvalue weighted by molar-refractivity contribution is 0.217. The van der Waals surface area contributed by atoms with E-state index in [9.17, 15) is 5.11 Å². The smallest absolute Gasteiger partial charge is 0.191 e. The van der Waals surface area contributed by atoms with Crippen LogP contribution >= 0.6 is 11.3 Å². The molecule has 1 aliphatic rings. The van der Waals surface area contributed by atoms with E-state index in [0.717, 1.165) is 44.9 Å². The summed E-state index contributed by atoms with van der Waals surface area (Å²) in [6.07, 6.45) is 3.22. The molecular formula is C14H23N3OS. The summed E-state index contributed by atoms with van der Waals surface area (Å²) in [4.78, 5) is 5.96. The Labute approximate surface area is 119 Å². The molecular weight excluding hydrogens is 258 g/mol. The van der Waals surface area contributed by atoms with Crippen LogP contribution < -0.4 is 10.6 Å². The predicted octanol–water partition coefficient (Wildman–Crippen LogP) is 1.62. The minimum Gasteiger partial charge on any atom is -0.396 e. The largest absolute Gasteiger partial charge is 0.396 e. The van der Waals surface area contributed by atoms with Crippen molar-refractivity contribution < 1.29 is 5.11 Å². The van der Waals surface area contributed by atoms with Crippen LogP contribution in [-0.4, -0.2) is 37.3 Å². The van der Waals surface area contributed by atoms with Crippen molar-refractivity contribution in [1.29, 1.82) is 0 Å². The van der Waals surface area contributed by atoms with E-state index in [4.69, 9.17) is 0 Å². The van der Waals surface area contributed by atoms with Crippen molar-refractivity contribution in [2.24, 2.45) is 10.4 Å². The van der Waals surface area contributed by atoms with Gasteiger partial charge in [-0.05, 0) is 37.6 Å². The molecule has 1 saturated carbocycles. The zero-order chi connectivity index (χ0) is 13.6. The van der Waals surface area contributed by atoms with Gasteiger partial charge in [0, 0.05) is 23.4 Å². The maximum Gasteiger partial charge on any atom is 0.191 e. The third-order valence-electron chi connectivity index (χ3n) is 3.45. The van der Waals surface area contributed by atoms with Crippen molar-refractivity contribution in [3.63, 3.8) is 0 Å². The quantitative estimate of drug-likeness (QED) is 0.526. The fourth-order valence-electron chi connectivity index (χ4n) is 1.89. The highest BCUT2D eigenvalue weighted by atomic mass is 32.1. The van der Waals surface area contributed by atoms with Crippen LogP contribution in [0.3, 0.4) is 0 Å². The maximum atomic E-state index is 9.29. The SMILES string of the molecule is CCNC(=NCC1(CO)CC1)NCCc1cccs1. The summed E-state index contributed by atoms with van der Waals surface area (Å²) in [6.45, 7) is 4.79. The van der Waals surface area contributed by atoms with Gasteiger partial charge in [0.2, 0.25) is 0 Å². The monoisotopic (exact) mass is 281 g/mol. The van der Waals surface area contributed by atoms with E-state index < -0.39 is 0 Å². The lowest BCUT2D eigenvalue weighted by atomic mass is 10.1. The van der Waals surface area contributed by atoms with E-state index in [0.29, 0.717) is 0 Å². The normalized spacial score (nSPS) is 17.3. The molecule has 3 N–H and O–H groups in total. The molecule has 0 amide bonds. The lowest BCUT2D eigenvalue weighted by Gasteiger charge is -2.13. The molecule has 1 aromatic rings. The van der Waals surface area contributed by atoms with Crippen molar-refractivity contribution in [3.05, 3.63) is 22.4 Å². The first-order chi connectivity index (χ1) is 9.28. The lowest BCUT2D eigenvalue weighted by Crippen LogP contribution is -2.38. The van der Waals surface area contributed by atoms with Gasteiger partial charge in [0.1, 0.15) is 0 Å². The number of guanidine groups is 1. The van der Waals surface area contributed by atoms with Gasteiger partial charge in [0.15, 0.2) is 5.96 Å². The molecule has 1 fully saturated rings. The Kier molecular flexibility index (Phi) is 5.22. The van der Waals surface area contributed by atoms with Crippen LogP contribution in [0, 0.1) is 5.41 Å². The molecule has 2 rings (SSSR count). The Bertz CT molecular complexity index is 399. The first-order valence-corrected chi connectivity index (χ1v) is 7.81. The van der Waals surface area contributed by atoms with Crippen LogP contribution in [-0.2, 0) is 6.42 Å². The Morgan fingerprint density at radius 3 is 2.89 bits per heavy atom. The van der Waals surface area contributed by atoms with Crippen LogP contribution in [0.25, 0.3) is 0 Å². The van der Waals surface area contributed by atoms with Crippen LogP contribution in [0.1, 0.15) is 24.6 Å². The minimum atomic E-state index is 0.0795. The first-order valence-electron chi connectivity index (χ1n) is 6.93. The summed E-state index contributed by atoms with van der Waals surface area (Å²) in [7, 11) is 0. The molecule has 0 unspecified atom stereocenters. The van der Waals surface area contributed by atoms with Crippen molar-refractivity contribution >= 4 is 17.3 Å². The van der Waals surface area contributed by atoms with E-state index in [1.807, 2.05) is 0 Å². The maximum absolute atomic E-state index is 9.29. The van der Waals surface area contributed by atoms with Gasteiger partial charge in [-0.25, -0.2) is 0 Å². The molecule has 1 aromatic heterocycles. The van der Waals surface area contributed by atoms with Gasteiger partial charge in [-0.2, -0.15) is 0 Å². The summed E-state index contributed by atoms with van der Waals surface area (Å²) in [5.74, 6) is 0.860. The Morgan fingerprint density at radius 1 is 1.47 bits per heavy atom. The first kappa shape index (κ1) is 14.3. The van der Waals surface area contributed by atoms with Crippen LogP contribution in [0.4, 0.5) is 0 Å². The van der Waals surface area contributed by atoms with Gasteiger partial charge in [-0.1, -0.05) is 6.07 Å². The minimum absolute atomic E-state index is 0.0795. The topological polar surface area (TPSA) is 56.7 Å². The number of aliphatic hydroxyl groups is 1. The standard InChI is InChI=1S/C14H23N3OS/c1-2-15-13(17-10-14(11-18)6-7-14)16-8-5-12-4-3-9-19-12/h3-4,9,18H,2,5-8,10-11H2,1H3,(H2,15,16,17). The second-order valence-corrected chi connectivity index (χ2v) is 6.14. The van der Waals surface area contributed by atoms with E-state index >= 15 is 0 Å². The zero-order valence-electron chi connectivity index (χ0n) is 11.5. The van der Waals surface area contributed by atoms with E-state index in [1.165, 1.54) is 4.88 Å². The van der Waals surface area contributed by atoms with Crippen LogP contribution in [0.15, 0.2) is 22.5 Å². The molecule has 0 aromatic carbocycles. The molecule has 0 spiro atoms. The number of rotatable bonds is 7. The predicted molar refractivity (Wildman–Crippen MR) is 80.8 cm³/mol. The molecule has 4 nitrogen and oxygen atoms in total. The van der Waals surface area contributed by atoms with E-state index in [2.05, 4.69) is 40.1 Å². The van der Waals surface area contributed by atoms with Gasteiger partial charge in [0.05, 0.1) is 13.2 Å². The van der Waals surface area contributed by atoms with Crippen molar-refractivity contribution in [3.8, 4) is 0 Å². The van der Waals surface area contributed by atoms with Gasteiger partial charge in [-0.3, -0.25) is 4.99 Å². The molecule has 0 atom stereocenters. The number of aliphatic imine (C=N–C) groups is 1. The fraction of sp³-hybridized carbons (Fsp3) is 0.643. The highest BCUT2D eigenvalue weighted by molar-refractivity contribution is 7.09. The molecule has 0 bridgehead atoms. The summed E-state index contributed by atoms with van der Waals surface area (Å²) in [5, 5.41) is 18.0. The highest BCUT2D eigenvalue weighted by Crippen LogP contribution is 2.45. The second kappa shape index (κ2) is 6.91. The number of thiophene rings is 1. The molecule has 106 valence electrons. The summed E-state index contributed by atoms with van der Waals surface area (Å²) in [6, 6.07) is 4.23. The molecule has 19 heavy (non-hydrogen) atoms. The van der Waals surface area contributed by atoms with Gasteiger partial charge in [-0.15, -0.1) is 11.3 Å². The van der Waals surface area contributed by atoms with Crippen molar-refractivity contribution in [2.45, 2.75) is 26.2 Å². The summed E-state index contributed by atoms with van der Waals surface area (Å²) in [5.41, 5.74) is 0.0795. The molecule has 5 heteroatoms. The van der Waals surface area contributed by atoms with Crippen LogP contribution in [0.2, 0.25) is 0 Å². The molecule has 0 saturated heterocycles. The zero-order valence-corrected chi connectivity index (χ0v) is 12.3. The third-order valence-corrected chi connectivity index (χ3v) is 4.39. The Hall–Kier alpha value is -1.07. The molecule has 0 radical (unpaired) electrons. The summed E-state index contributed by atoms with van der Waals surface area (Å²) < 4.78 is 0. The number of hydrogen-bond donors (Lipinski definition) is 3. The van der Waals surface area contributed by atoms with Gasteiger partial charge < -0.3 is 15.7 Å². The van der Waals surface area contributed by atoms with Crippen molar-refractivity contribution in [2.75, 3.05) is 26.2 Å². The number of nitrogens with zero attached hydrogens (tertiary/aromatic N) is 1. The molecule has 0 aliphatic heterocycles.